The summed E-state index contributed by atoms with van der Waals surface area (Å²) in [5.74, 6) is 0. The summed E-state index contributed by atoms with van der Waals surface area (Å²) in [4.78, 5) is 16.6. The number of halogens is 4. The molecule has 0 saturated carbocycles. The van der Waals surface area contributed by atoms with Crippen LogP contribution in [-0.2, 0) is 6.18 Å². The van der Waals surface area contributed by atoms with E-state index in [9.17, 15) is 18.0 Å². The monoisotopic (exact) mass is 364 g/mol. The van der Waals surface area contributed by atoms with Crippen molar-refractivity contribution in [2.75, 3.05) is 0 Å². The van der Waals surface area contributed by atoms with Gasteiger partial charge in [-0.2, -0.15) is 13.2 Å². The van der Waals surface area contributed by atoms with Gasteiger partial charge in [-0.1, -0.05) is 29.8 Å². The smallest absolute Gasteiger partial charge is 0.269 e. The standard InChI is InChI=1S/C18H12ClF3N2O/c1-11-3-2-4-16-23-15(10-17(25)24(11)16)14(19)9-12-5-7-13(8-6-12)18(20,21)22/h2-10H,1H3/b14-9-. The molecule has 0 radical (unpaired) electrons. The average molecular weight is 365 g/mol. The second-order valence-electron chi connectivity index (χ2n) is 5.45. The van der Waals surface area contributed by atoms with Gasteiger partial charge in [0.25, 0.3) is 5.56 Å². The maximum absolute atomic E-state index is 12.6. The molecule has 2 heterocycles. The number of rotatable bonds is 2. The van der Waals surface area contributed by atoms with E-state index in [0.29, 0.717) is 11.2 Å². The van der Waals surface area contributed by atoms with E-state index in [1.807, 2.05) is 0 Å². The van der Waals surface area contributed by atoms with Crippen LogP contribution in [-0.4, -0.2) is 9.38 Å². The summed E-state index contributed by atoms with van der Waals surface area (Å²) in [6.07, 6.45) is -2.92. The molecule has 0 saturated heterocycles. The second-order valence-corrected chi connectivity index (χ2v) is 5.86. The molecule has 0 atom stereocenters. The van der Waals surface area contributed by atoms with Crippen LogP contribution >= 0.6 is 11.6 Å². The van der Waals surface area contributed by atoms with Crippen molar-refractivity contribution >= 4 is 28.4 Å². The first-order valence-corrected chi connectivity index (χ1v) is 7.68. The molecule has 128 valence electrons. The topological polar surface area (TPSA) is 34.4 Å². The number of alkyl halides is 3. The number of hydrogen-bond acceptors (Lipinski definition) is 2. The van der Waals surface area contributed by atoms with Gasteiger partial charge in [0.2, 0.25) is 0 Å². The molecular weight excluding hydrogens is 353 g/mol. The molecule has 0 spiro atoms. The lowest BCUT2D eigenvalue weighted by Gasteiger charge is -2.07. The number of pyridine rings is 1. The SMILES string of the molecule is Cc1cccc2nc(/C(Cl)=C/c3ccc(C(F)(F)F)cc3)cc(=O)n12. The fourth-order valence-corrected chi connectivity index (χ4v) is 2.65. The zero-order valence-electron chi connectivity index (χ0n) is 13.0. The molecule has 3 nitrogen and oxygen atoms in total. The molecular formula is C18H12ClF3N2O. The summed E-state index contributed by atoms with van der Waals surface area (Å²) in [6.45, 7) is 1.79. The molecule has 2 aromatic heterocycles. The summed E-state index contributed by atoms with van der Waals surface area (Å²) in [5.41, 5.74) is 0.905. The average Bonchev–Trinajstić information content (AvgIpc) is 2.54. The van der Waals surface area contributed by atoms with Gasteiger partial charge < -0.3 is 0 Å². The highest BCUT2D eigenvalue weighted by Crippen LogP contribution is 2.30. The molecule has 0 fully saturated rings. The number of aromatic nitrogens is 2. The summed E-state index contributed by atoms with van der Waals surface area (Å²) < 4.78 is 39.2. The third-order valence-corrected chi connectivity index (χ3v) is 3.96. The minimum Gasteiger partial charge on any atom is -0.269 e. The number of nitrogens with zero attached hydrogens (tertiary/aromatic N) is 2. The maximum Gasteiger partial charge on any atom is 0.416 e. The Bertz CT molecular complexity index is 1020. The van der Waals surface area contributed by atoms with Crippen LogP contribution in [0.15, 0.2) is 53.3 Å². The van der Waals surface area contributed by atoms with Crippen LogP contribution < -0.4 is 5.56 Å². The maximum atomic E-state index is 12.6. The van der Waals surface area contributed by atoms with E-state index in [2.05, 4.69) is 4.98 Å². The lowest BCUT2D eigenvalue weighted by Crippen LogP contribution is -2.17. The molecule has 25 heavy (non-hydrogen) atoms. The Morgan fingerprint density at radius 1 is 1.16 bits per heavy atom. The molecule has 0 aliphatic carbocycles. The van der Waals surface area contributed by atoms with Gasteiger partial charge in [-0.05, 0) is 42.8 Å². The van der Waals surface area contributed by atoms with Crippen LogP contribution in [0, 0.1) is 6.92 Å². The summed E-state index contributed by atoms with van der Waals surface area (Å²) in [7, 11) is 0. The van der Waals surface area contributed by atoms with E-state index >= 15 is 0 Å². The Kier molecular flexibility index (Phi) is 4.39. The van der Waals surface area contributed by atoms with Gasteiger partial charge in [-0.3, -0.25) is 9.20 Å². The van der Waals surface area contributed by atoms with Crippen LogP contribution in [0.2, 0.25) is 0 Å². The van der Waals surface area contributed by atoms with Crippen molar-refractivity contribution in [3.05, 3.63) is 81.4 Å². The Morgan fingerprint density at radius 3 is 2.48 bits per heavy atom. The van der Waals surface area contributed by atoms with Gasteiger partial charge in [0.05, 0.1) is 16.3 Å². The van der Waals surface area contributed by atoms with Gasteiger partial charge in [-0.15, -0.1) is 0 Å². The molecule has 0 aliphatic heterocycles. The minimum absolute atomic E-state index is 0.167. The number of benzene rings is 1. The van der Waals surface area contributed by atoms with Crippen molar-refractivity contribution in [2.24, 2.45) is 0 Å². The van der Waals surface area contributed by atoms with E-state index in [4.69, 9.17) is 11.6 Å². The van der Waals surface area contributed by atoms with Gasteiger partial charge in [0.1, 0.15) is 5.65 Å². The molecule has 3 aromatic rings. The fourth-order valence-electron chi connectivity index (χ4n) is 2.43. The zero-order valence-corrected chi connectivity index (χ0v) is 13.8. The highest BCUT2D eigenvalue weighted by molar-refractivity contribution is 6.51. The third-order valence-electron chi connectivity index (χ3n) is 3.66. The zero-order chi connectivity index (χ0) is 18.2. The Labute approximate surface area is 146 Å². The first kappa shape index (κ1) is 17.2. The van der Waals surface area contributed by atoms with Crippen molar-refractivity contribution in [3.63, 3.8) is 0 Å². The summed E-state index contributed by atoms with van der Waals surface area (Å²) in [5, 5.41) is 0.167. The normalized spacial score (nSPS) is 12.6. The van der Waals surface area contributed by atoms with Gasteiger partial charge in [-0.25, -0.2) is 4.98 Å². The molecule has 0 amide bonds. The van der Waals surface area contributed by atoms with E-state index < -0.39 is 11.7 Å². The summed E-state index contributed by atoms with van der Waals surface area (Å²) >= 11 is 6.21. The van der Waals surface area contributed by atoms with Crippen LogP contribution in [0.3, 0.4) is 0 Å². The quantitative estimate of drug-likeness (QED) is 0.657. The van der Waals surface area contributed by atoms with Crippen molar-refractivity contribution in [3.8, 4) is 0 Å². The Hall–Kier alpha value is -2.60. The van der Waals surface area contributed by atoms with Crippen LogP contribution in [0.25, 0.3) is 16.8 Å². The highest BCUT2D eigenvalue weighted by Gasteiger charge is 2.29. The molecule has 0 aliphatic rings. The lowest BCUT2D eigenvalue weighted by atomic mass is 10.1. The molecule has 0 unspecified atom stereocenters. The first-order valence-electron chi connectivity index (χ1n) is 7.30. The van der Waals surface area contributed by atoms with E-state index in [0.717, 1.165) is 17.8 Å². The van der Waals surface area contributed by atoms with Crippen molar-refractivity contribution in [1.29, 1.82) is 0 Å². The predicted molar refractivity (Wildman–Crippen MR) is 91.4 cm³/mol. The van der Waals surface area contributed by atoms with E-state index in [1.165, 1.54) is 28.7 Å². The summed E-state index contributed by atoms with van der Waals surface area (Å²) in [6, 6.07) is 11.1. The van der Waals surface area contributed by atoms with Crippen LogP contribution in [0.5, 0.6) is 0 Å². The molecule has 7 heteroatoms. The fraction of sp³-hybridized carbons (Fsp3) is 0.111. The number of hydrogen-bond donors (Lipinski definition) is 0. The number of aryl methyl sites for hydroxylation is 1. The minimum atomic E-state index is -4.39. The van der Waals surface area contributed by atoms with Crippen molar-refractivity contribution < 1.29 is 13.2 Å². The van der Waals surface area contributed by atoms with E-state index in [-0.39, 0.29) is 16.3 Å². The lowest BCUT2D eigenvalue weighted by molar-refractivity contribution is -0.137. The van der Waals surface area contributed by atoms with Gasteiger partial charge in [0, 0.05) is 11.8 Å². The molecule has 0 bridgehead atoms. The Balaban J connectivity index is 2.00. The van der Waals surface area contributed by atoms with E-state index in [1.54, 1.807) is 25.1 Å². The second kappa shape index (κ2) is 6.37. The molecule has 3 rings (SSSR count). The van der Waals surface area contributed by atoms with Crippen molar-refractivity contribution in [1.82, 2.24) is 9.38 Å². The largest absolute Gasteiger partial charge is 0.416 e. The Morgan fingerprint density at radius 2 is 1.84 bits per heavy atom. The molecule has 0 N–H and O–H groups in total. The van der Waals surface area contributed by atoms with Crippen molar-refractivity contribution in [2.45, 2.75) is 13.1 Å². The number of fused-ring (bicyclic) bond motifs is 1. The predicted octanol–water partition coefficient (Wildman–Crippen LogP) is 4.76. The van der Waals surface area contributed by atoms with Crippen LogP contribution in [0.1, 0.15) is 22.5 Å². The third kappa shape index (κ3) is 3.58. The van der Waals surface area contributed by atoms with Gasteiger partial charge in [0.15, 0.2) is 0 Å². The highest BCUT2D eigenvalue weighted by atomic mass is 35.5. The van der Waals surface area contributed by atoms with Crippen LogP contribution in [0.4, 0.5) is 13.2 Å². The molecule has 1 aromatic carbocycles. The first-order chi connectivity index (χ1) is 11.8. The van der Waals surface area contributed by atoms with Gasteiger partial charge >= 0.3 is 6.18 Å².